The number of esters is 1. The summed E-state index contributed by atoms with van der Waals surface area (Å²) in [6, 6.07) is 1.39. The number of carbonyl (C=O) groups is 1. The number of aliphatic hydroxyl groups excluding tert-OH is 1. The van der Waals surface area contributed by atoms with Crippen molar-refractivity contribution in [2.45, 2.75) is 13.5 Å². The predicted molar refractivity (Wildman–Crippen MR) is 84.3 cm³/mol. The highest BCUT2D eigenvalue weighted by atomic mass is 16.5. The zero-order valence-corrected chi connectivity index (χ0v) is 13.0. The number of aliphatic hydroxyl groups is 1. The van der Waals surface area contributed by atoms with Gasteiger partial charge in [0.25, 0.3) is 5.56 Å². The van der Waals surface area contributed by atoms with E-state index >= 15 is 0 Å². The number of ether oxygens (including phenoxy) is 1. The van der Waals surface area contributed by atoms with Gasteiger partial charge in [0.1, 0.15) is 5.56 Å². The zero-order valence-electron chi connectivity index (χ0n) is 13.0. The summed E-state index contributed by atoms with van der Waals surface area (Å²) in [5, 5.41) is 11.8. The third-order valence-electron chi connectivity index (χ3n) is 3.24. The van der Waals surface area contributed by atoms with Gasteiger partial charge in [0.2, 0.25) is 0 Å². The van der Waals surface area contributed by atoms with E-state index in [4.69, 9.17) is 9.84 Å². The molecule has 0 fully saturated rings. The van der Waals surface area contributed by atoms with Crippen LogP contribution in [-0.4, -0.2) is 56.9 Å². The monoisotopic (exact) mass is 320 g/mol. The number of rotatable bonds is 8. The van der Waals surface area contributed by atoms with Gasteiger partial charge in [0.15, 0.2) is 5.65 Å². The molecule has 0 saturated heterocycles. The molecule has 23 heavy (non-hydrogen) atoms. The number of aromatic amines is 1. The normalized spacial score (nSPS) is 11.1. The SMILES string of the molecule is C=CCN(CCO)Cc1cc(=O)n2[nH]cc(C(=O)OCC)c2n1. The van der Waals surface area contributed by atoms with E-state index in [9.17, 15) is 9.59 Å². The molecule has 124 valence electrons. The van der Waals surface area contributed by atoms with Crippen LogP contribution in [0.5, 0.6) is 0 Å². The van der Waals surface area contributed by atoms with Crippen molar-refractivity contribution in [2.75, 3.05) is 26.3 Å². The fourth-order valence-corrected chi connectivity index (χ4v) is 2.26. The van der Waals surface area contributed by atoms with Crippen molar-refractivity contribution < 1.29 is 14.6 Å². The Morgan fingerprint density at radius 2 is 2.39 bits per heavy atom. The standard InChI is InChI=1S/C15H20N4O4/c1-3-5-18(6-7-20)10-11-8-13(21)19-14(17-11)12(9-16-19)15(22)23-4-2/h3,8-9,16,20H,1,4-7,10H2,2H3. The minimum absolute atomic E-state index is 0.00665. The van der Waals surface area contributed by atoms with E-state index in [1.54, 1.807) is 13.0 Å². The Bertz CT molecular complexity index is 750. The molecule has 0 bridgehead atoms. The lowest BCUT2D eigenvalue weighted by molar-refractivity contribution is 0.0528. The Morgan fingerprint density at radius 3 is 3.04 bits per heavy atom. The van der Waals surface area contributed by atoms with Gasteiger partial charge in [-0.15, -0.1) is 6.58 Å². The molecule has 0 aliphatic heterocycles. The molecular formula is C15H20N4O4. The van der Waals surface area contributed by atoms with E-state index < -0.39 is 5.97 Å². The Kier molecular flexibility index (Phi) is 5.67. The lowest BCUT2D eigenvalue weighted by Crippen LogP contribution is -2.28. The summed E-state index contributed by atoms with van der Waals surface area (Å²) in [5.41, 5.74) is 0.635. The van der Waals surface area contributed by atoms with Gasteiger partial charge in [0.05, 0.1) is 18.9 Å². The minimum atomic E-state index is -0.534. The van der Waals surface area contributed by atoms with Crippen LogP contribution in [0.3, 0.4) is 0 Å². The van der Waals surface area contributed by atoms with Crippen molar-refractivity contribution in [3.05, 3.63) is 46.5 Å². The van der Waals surface area contributed by atoms with Crippen molar-refractivity contribution in [1.29, 1.82) is 0 Å². The Balaban J connectivity index is 2.38. The van der Waals surface area contributed by atoms with Gasteiger partial charge in [-0.3, -0.25) is 14.8 Å². The second-order valence-corrected chi connectivity index (χ2v) is 4.90. The van der Waals surface area contributed by atoms with E-state index in [0.29, 0.717) is 25.3 Å². The highest BCUT2D eigenvalue weighted by Crippen LogP contribution is 2.09. The molecule has 0 saturated carbocycles. The number of H-pyrrole nitrogens is 1. The number of nitrogens with one attached hydrogen (secondary N) is 1. The summed E-state index contributed by atoms with van der Waals surface area (Å²) in [7, 11) is 0. The van der Waals surface area contributed by atoms with Crippen LogP contribution in [0.2, 0.25) is 0 Å². The first-order valence-electron chi connectivity index (χ1n) is 7.32. The fraction of sp³-hybridized carbons (Fsp3) is 0.400. The molecule has 0 aromatic carbocycles. The van der Waals surface area contributed by atoms with Crippen LogP contribution in [-0.2, 0) is 11.3 Å². The van der Waals surface area contributed by atoms with Gasteiger partial charge in [-0.05, 0) is 6.92 Å². The van der Waals surface area contributed by atoms with Crippen LogP contribution in [0, 0.1) is 0 Å². The molecule has 0 atom stereocenters. The van der Waals surface area contributed by atoms with Gasteiger partial charge in [0, 0.05) is 31.9 Å². The van der Waals surface area contributed by atoms with E-state index in [-0.39, 0.29) is 30.0 Å². The average molecular weight is 320 g/mol. The van der Waals surface area contributed by atoms with E-state index in [1.807, 2.05) is 4.90 Å². The second kappa shape index (κ2) is 7.70. The molecule has 2 heterocycles. The maximum atomic E-state index is 12.1. The molecule has 8 nitrogen and oxygen atoms in total. The second-order valence-electron chi connectivity index (χ2n) is 4.90. The van der Waals surface area contributed by atoms with Gasteiger partial charge < -0.3 is 9.84 Å². The third-order valence-corrected chi connectivity index (χ3v) is 3.24. The molecule has 0 radical (unpaired) electrons. The molecule has 0 aliphatic rings. The first-order chi connectivity index (χ1) is 11.1. The summed E-state index contributed by atoms with van der Waals surface area (Å²) < 4.78 is 6.16. The van der Waals surface area contributed by atoms with Crippen LogP contribution in [0.25, 0.3) is 5.65 Å². The van der Waals surface area contributed by atoms with Crippen LogP contribution in [0.1, 0.15) is 23.0 Å². The van der Waals surface area contributed by atoms with Crippen molar-refractivity contribution in [1.82, 2.24) is 19.5 Å². The van der Waals surface area contributed by atoms with E-state index in [2.05, 4.69) is 16.7 Å². The number of fused-ring (bicyclic) bond motifs is 1. The van der Waals surface area contributed by atoms with Crippen molar-refractivity contribution in [2.24, 2.45) is 0 Å². The lowest BCUT2D eigenvalue weighted by atomic mass is 10.3. The highest BCUT2D eigenvalue weighted by molar-refractivity contribution is 5.95. The first-order valence-corrected chi connectivity index (χ1v) is 7.32. The van der Waals surface area contributed by atoms with Crippen molar-refractivity contribution in [3.63, 3.8) is 0 Å². The quantitative estimate of drug-likeness (QED) is 0.532. The van der Waals surface area contributed by atoms with Crippen LogP contribution in [0.4, 0.5) is 0 Å². The molecule has 2 N–H and O–H groups in total. The number of nitrogens with zero attached hydrogens (tertiary/aromatic N) is 3. The molecule has 2 aromatic rings. The number of hydrogen-bond donors (Lipinski definition) is 2. The minimum Gasteiger partial charge on any atom is -0.462 e. The summed E-state index contributed by atoms with van der Waals surface area (Å²) in [5.74, 6) is -0.534. The summed E-state index contributed by atoms with van der Waals surface area (Å²) in [6.07, 6.45) is 3.11. The topological polar surface area (TPSA) is 99.9 Å². The van der Waals surface area contributed by atoms with Gasteiger partial charge >= 0.3 is 5.97 Å². The van der Waals surface area contributed by atoms with Gasteiger partial charge in [-0.1, -0.05) is 6.08 Å². The summed E-state index contributed by atoms with van der Waals surface area (Å²) in [4.78, 5) is 30.3. The first kappa shape index (κ1) is 16.9. The van der Waals surface area contributed by atoms with E-state index in [1.165, 1.54) is 16.8 Å². The smallest absolute Gasteiger partial charge is 0.343 e. The van der Waals surface area contributed by atoms with Crippen LogP contribution >= 0.6 is 0 Å². The molecular weight excluding hydrogens is 300 g/mol. The Hall–Kier alpha value is -2.45. The molecule has 0 unspecified atom stereocenters. The van der Waals surface area contributed by atoms with Crippen LogP contribution < -0.4 is 5.56 Å². The summed E-state index contributed by atoms with van der Waals surface area (Å²) >= 11 is 0. The number of aromatic nitrogens is 3. The maximum Gasteiger partial charge on any atom is 0.343 e. The fourth-order valence-electron chi connectivity index (χ4n) is 2.26. The predicted octanol–water partition coefficient (Wildman–Crippen LogP) is 0.180. The van der Waals surface area contributed by atoms with Crippen molar-refractivity contribution >= 4 is 11.6 Å². The lowest BCUT2D eigenvalue weighted by Gasteiger charge is -2.18. The zero-order chi connectivity index (χ0) is 16.8. The molecule has 2 aromatic heterocycles. The third kappa shape index (κ3) is 3.85. The Morgan fingerprint density at radius 1 is 1.61 bits per heavy atom. The van der Waals surface area contributed by atoms with Gasteiger partial charge in [-0.2, -0.15) is 0 Å². The van der Waals surface area contributed by atoms with E-state index in [0.717, 1.165) is 0 Å². The summed E-state index contributed by atoms with van der Waals surface area (Å²) in [6.45, 7) is 6.96. The largest absolute Gasteiger partial charge is 0.462 e. The molecule has 8 heteroatoms. The molecule has 0 amide bonds. The molecule has 2 rings (SSSR count). The number of carbonyl (C=O) groups excluding carboxylic acids is 1. The average Bonchev–Trinajstić information content (AvgIpc) is 2.92. The Labute approximate surface area is 133 Å². The maximum absolute atomic E-state index is 12.1. The number of hydrogen-bond acceptors (Lipinski definition) is 6. The van der Waals surface area contributed by atoms with Crippen molar-refractivity contribution in [3.8, 4) is 0 Å². The molecule has 0 aliphatic carbocycles. The molecule has 0 spiro atoms. The highest BCUT2D eigenvalue weighted by Gasteiger charge is 2.17. The van der Waals surface area contributed by atoms with Gasteiger partial charge in [-0.25, -0.2) is 14.3 Å². The van der Waals surface area contributed by atoms with Crippen LogP contribution in [0.15, 0.2) is 29.7 Å².